The molecule has 5 nitrogen and oxygen atoms in total. The summed E-state index contributed by atoms with van der Waals surface area (Å²) in [6, 6.07) is 6.95. The molecule has 3 rings (SSSR count). The topological polar surface area (TPSA) is 55.6 Å². The second-order valence-electron chi connectivity index (χ2n) is 5.17. The minimum atomic E-state index is -0.295. The minimum Gasteiger partial charge on any atom is -0.383 e. The number of anilines is 1. The molecule has 2 heterocycles. The van der Waals surface area contributed by atoms with Crippen LogP contribution in [-0.4, -0.2) is 26.3 Å². The number of rotatable bonds is 5. The molecule has 0 aliphatic rings. The highest BCUT2D eigenvalue weighted by molar-refractivity contribution is 5.91. The lowest BCUT2D eigenvalue weighted by molar-refractivity contribution is 0.636. The maximum Gasteiger partial charge on any atom is 0.149 e. The van der Waals surface area contributed by atoms with Crippen LogP contribution in [0.3, 0.4) is 0 Å². The molecule has 0 radical (unpaired) electrons. The van der Waals surface area contributed by atoms with E-state index < -0.39 is 0 Å². The number of para-hydroxylation sites is 1. The van der Waals surface area contributed by atoms with E-state index in [1.165, 1.54) is 6.07 Å². The van der Waals surface area contributed by atoms with Crippen LogP contribution >= 0.6 is 0 Å². The van der Waals surface area contributed by atoms with E-state index in [1.807, 2.05) is 23.6 Å². The molecule has 0 amide bonds. The molecule has 0 atom stereocenters. The fourth-order valence-corrected chi connectivity index (χ4v) is 2.54. The Morgan fingerprint density at radius 3 is 3.00 bits per heavy atom. The minimum absolute atomic E-state index is 0.295. The van der Waals surface area contributed by atoms with Crippen molar-refractivity contribution in [2.24, 2.45) is 0 Å². The number of aryl methyl sites for hydroxylation is 2. The smallest absolute Gasteiger partial charge is 0.149 e. The Labute approximate surface area is 128 Å². The van der Waals surface area contributed by atoms with Gasteiger partial charge >= 0.3 is 0 Å². The Hall–Kier alpha value is -2.50. The molecule has 0 aliphatic heterocycles. The van der Waals surface area contributed by atoms with Crippen LogP contribution in [0.25, 0.3) is 10.9 Å². The van der Waals surface area contributed by atoms with Gasteiger partial charge in [0, 0.05) is 36.3 Å². The predicted molar refractivity (Wildman–Crippen MR) is 84.3 cm³/mol. The monoisotopic (exact) mass is 299 g/mol. The van der Waals surface area contributed by atoms with Gasteiger partial charge in [-0.3, -0.25) is 0 Å². The highest BCUT2D eigenvalue weighted by atomic mass is 19.1. The second-order valence-corrected chi connectivity index (χ2v) is 5.17. The number of aromatic nitrogens is 4. The van der Waals surface area contributed by atoms with Crippen LogP contribution in [0, 0.1) is 12.7 Å². The van der Waals surface area contributed by atoms with Crippen LogP contribution in [-0.2, 0) is 13.0 Å². The number of nitrogens with zero attached hydrogens (tertiary/aromatic N) is 4. The number of nitrogens with one attached hydrogen (secondary N) is 1. The van der Waals surface area contributed by atoms with Gasteiger partial charge in [0.15, 0.2) is 0 Å². The SMILES string of the molecule is CCc1nncn1CCNc1cc(C)nc2c(F)cccc12. The van der Waals surface area contributed by atoms with E-state index >= 15 is 0 Å². The van der Waals surface area contributed by atoms with Gasteiger partial charge in [0.05, 0.1) is 0 Å². The first kappa shape index (κ1) is 14.4. The molecule has 0 spiro atoms. The summed E-state index contributed by atoms with van der Waals surface area (Å²) in [5.41, 5.74) is 2.09. The maximum absolute atomic E-state index is 13.9. The zero-order valence-corrected chi connectivity index (χ0v) is 12.7. The van der Waals surface area contributed by atoms with Gasteiger partial charge < -0.3 is 9.88 Å². The number of pyridine rings is 1. The molecule has 6 heteroatoms. The summed E-state index contributed by atoms with van der Waals surface area (Å²) >= 11 is 0. The van der Waals surface area contributed by atoms with Gasteiger partial charge in [0.25, 0.3) is 0 Å². The lowest BCUT2D eigenvalue weighted by Gasteiger charge is -2.12. The Morgan fingerprint density at radius 1 is 1.32 bits per heavy atom. The fraction of sp³-hybridized carbons (Fsp3) is 0.312. The lowest BCUT2D eigenvalue weighted by atomic mass is 10.1. The second kappa shape index (κ2) is 6.09. The molecule has 0 saturated heterocycles. The van der Waals surface area contributed by atoms with Gasteiger partial charge in [-0.15, -0.1) is 10.2 Å². The molecular formula is C16H18FN5. The number of fused-ring (bicyclic) bond motifs is 1. The molecule has 1 N–H and O–H groups in total. The normalized spacial score (nSPS) is 11.0. The van der Waals surface area contributed by atoms with E-state index in [2.05, 4.69) is 27.4 Å². The Balaban J connectivity index is 1.81. The number of halogens is 1. The van der Waals surface area contributed by atoms with Crippen LogP contribution in [0.4, 0.5) is 10.1 Å². The Morgan fingerprint density at radius 2 is 2.18 bits per heavy atom. The summed E-state index contributed by atoms with van der Waals surface area (Å²) in [6.45, 7) is 5.39. The van der Waals surface area contributed by atoms with Gasteiger partial charge in [-0.2, -0.15) is 0 Å². The molecular weight excluding hydrogens is 281 g/mol. The van der Waals surface area contributed by atoms with Crippen LogP contribution < -0.4 is 5.32 Å². The Kier molecular flexibility index (Phi) is 4.00. The predicted octanol–water partition coefficient (Wildman–Crippen LogP) is 2.95. The first-order valence-electron chi connectivity index (χ1n) is 7.35. The number of hydrogen-bond donors (Lipinski definition) is 1. The molecule has 114 valence electrons. The first-order chi connectivity index (χ1) is 10.7. The van der Waals surface area contributed by atoms with Crippen molar-refractivity contribution in [3.05, 3.63) is 47.9 Å². The van der Waals surface area contributed by atoms with Gasteiger partial charge in [0.1, 0.15) is 23.5 Å². The summed E-state index contributed by atoms with van der Waals surface area (Å²) in [7, 11) is 0. The number of benzene rings is 1. The zero-order chi connectivity index (χ0) is 15.5. The summed E-state index contributed by atoms with van der Waals surface area (Å²) < 4.78 is 15.9. The van der Waals surface area contributed by atoms with Crippen LogP contribution in [0.5, 0.6) is 0 Å². The summed E-state index contributed by atoms with van der Waals surface area (Å²) in [5.74, 6) is 0.667. The highest BCUT2D eigenvalue weighted by Crippen LogP contribution is 2.24. The standard InChI is InChI=1S/C16H18FN5/c1-3-15-21-19-10-22(15)8-7-18-14-9-11(2)20-16-12(14)5-4-6-13(16)17/h4-6,9-10H,3,7-8H2,1-2H3,(H,18,20). The summed E-state index contributed by atoms with van der Waals surface area (Å²) in [6.07, 6.45) is 2.58. The van der Waals surface area contributed by atoms with Gasteiger partial charge in [-0.25, -0.2) is 9.37 Å². The van der Waals surface area contributed by atoms with Gasteiger partial charge in [-0.05, 0) is 19.1 Å². The van der Waals surface area contributed by atoms with Crippen LogP contribution in [0.2, 0.25) is 0 Å². The van der Waals surface area contributed by atoms with Crippen molar-refractivity contribution in [1.29, 1.82) is 0 Å². The average Bonchev–Trinajstić information content (AvgIpc) is 2.96. The van der Waals surface area contributed by atoms with Crippen LogP contribution in [0.15, 0.2) is 30.6 Å². The van der Waals surface area contributed by atoms with Crippen molar-refractivity contribution in [3.8, 4) is 0 Å². The van der Waals surface area contributed by atoms with E-state index in [4.69, 9.17) is 0 Å². The maximum atomic E-state index is 13.9. The van der Waals surface area contributed by atoms with Crippen molar-refractivity contribution in [1.82, 2.24) is 19.7 Å². The fourth-order valence-electron chi connectivity index (χ4n) is 2.54. The zero-order valence-electron chi connectivity index (χ0n) is 12.7. The van der Waals surface area contributed by atoms with Gasteiger partial charge in [-0.1, -0.05) is 19.1 Å². The third kappa shape index (κ3) is 2.77. The molecule has 22 heavy (non-hydrogen) atoms. The van der Waals surface area contributed by atoms with E-state index in [1.54, 1.807) is 12.4 Å². The molecule has 0 fully saturated rings. The van der Waals surface area contributed by atoms with Crippen molar-refractivity contribution in [2.45, 2.75) is 26.8 Å². The third-order valence-corrected chi connectivity index (χ3v) is 3.60. The van der Waals surface area contributed by atoms with Crippen molar-refractivity contribution < 1.29 is 4.39 Å². The van der Waals surface area contributed by atoms with Gasteiger partial charge in [0.2, 0.25) is 0 Å². The molecule has 2 aromatic heterocycles. The van der Waals surface area contributed by atoms with Crippen LogP contribution in [0.1, 0.15) is 18.4 Å². The molecule has 0 bridgehead atoms. The molecule has 1 aromatic carbocycles. The van der Waals surface area contributed by atoms with E-state index in [9.17, 15) is 4.39 Å². The summed E-state index contributed by atoms with van der Waals surface area (Å²) in [4.78, 5) is 4.28. The van der Waals surface area contributed by atoms with Crippen molar-refractivity contribution >= 4 is 16.6 Å². The van der Waals surface area contributed by atoms with Crippen molar-refractivity contribution in [3.63, 3.8) is 0 Å². The van der Waals surface area contributed by atoms with E-state index in [0.717, 1.165) is 35.6 Å². The van der Waals surface area contributed by atoms with Crippen molar-refractivity contribution in [2.75, 3.05) is 11.9 Å². The molecule has 3 aromatic rings. The quantitative estimate of drug-likeness (QED) is 0.787. The molecule has 0 saturated carbocycles. The molecule has 0 aliphatic carbocycles. The Bertz CT molecular complexity index is 796. The van der Waals surface area contributed by atoms with E-state index in [-0.39, 0.29) is 5.82 Å². The third-order valence-electron chi connectivity index (χ3n) is 3.60. The van der Waals surface area contributed by atoms with E-state index in [0.29, 0.717) is 12.1 Å². The highest BCUT2D eigenvalue weighted by Gasteiger charge is 2.08. The average molecular weight is 299 g/mol. The lowest BCUT2D eigenvalue weighted by Crippen LogP contribution is -2.12. The first-order valence-corrected chi connectivity index (χ1v) is 7.35. The number of hydrogen-bond acceptors (Lipinski definition) is 4. The molecule has 0 unspecified atom stereocenters. The largest absolute Gasteiger partial charge is 0.383 e. The summed E-state index contributed by atoms with van der Waals surface area (Å²) in [5, 5.41) is 12.1.